The molecule has 1 atom stereocenters. The van der Waals surface area contributed by atoms with E-state index in [9.17, 15) is 4.79 Å². The van der Waals surface area contributed by atoms with Gasteiger partial charge in [-0.15, -0.1) is 0 Å². The van der Waals surface area contributed by atoms with Gasteiger partial charge in [0.25, 0.3) is 0 Å². The molecule has 0 radical (unpaired) electrons. The third-order valence-corrected chi connectivity index (χ3v) is 3.92. The van der Waals surface area contributed by atoms with Crippen molar-refractivity contribution in [3.8, 4) is 11.5 Å². The topological polar surface area (TPSA) is 44.8 Å². The van der Waals surface area contributed by atoms with E-state index in [1.165, 1.54) is 7.11 Å². The van der Waals surface area contributed by atoms with Crippen molar-refractivity contribution in [2.24, 2.45) is 0 Å². The lowest BCUT2D eigenvalue weighted by atomic mass is 10.1. The molecule has 0 aliphatic rings. The molecule has 2 aromatic carbocycles. The van der Waals surface area contributed by atoms with E-state index in [1.54, 1.807) is 24.3 Å². The molecule has 4 nitrogen and oxygen atoms in total. The standard InChI is InChI=1S/C20H23ClO4/c1-3-4-13-24-17-9-5-15(6-10-17)14-19(20(22)23-2)25-18-11-7-16(21)8-12-18/h5-12,19H,3-4,13-14H2,1-2H3. The summed E-state index contributed by atoms with van der Waals surface area (Å²) in [6.45, 7) is 2.83. The monoisotopic (exact) mass is 362 g/mol. The summed E-state index contributed by atoms with van der Waals surface area (Å²) in [5.41, 5.74) is 0.965. The molecule has 0 bridgehead atoms. The molecule has 0 fully saturated rings. The van der Waals surface area contributed by atoms with Gasteiger partial charge in [0.05, 0.1) is 13.7 Å². The van der Waals surface area contributed by atoms with Gasteiger partial charge in [-0.3, -0.25) is 0 Å². The van der Waals surface area contributed by atoms with Gasteiger partial charge in [-0.25, -0.2) is 4.79 Å². The third-order valence-electron chi connectivity index (χ3n) is 3.67. The van der Waals surface area contributed by atoms with Gasteiger partial charge < -0.3 is 14.2 Å². The van der Waals surface area contributed by atoms with Crippen molar-refractivity contribution in [1.29, 1.82) is 0 Å². The van der Waals surface area contributed by atoms with Gasteiger partial charge in [0.1, 0.15) is 11.5 Å². The van der Waals surface area contributed by atoms with E-state index in [2.05, 4.69) is 6.92 Å². The lowest BCUT2D eigenvalue weighted by Gasteiger charge is -2.17. The number of rotatable bonds is 9. The molecular formula is C20H23ClO4. The number of carbonyl (C=O) groups excluding carboxylic acids is 1. The van der Waals surface area contributed by atoms with Crippen molar-refractivity contribution >= 4 is 17.6 Å². The van der Waals surface area contributed by atoms with E-state index >= 15 is 0 Å². The Morgan fingerprint density at radius 2 is 1.68 bits per heavy atom. The first kappa shape index (κ1) is 19.1. The van der Waals surface area contributed by atoms with Crippen molar-refractivity contribution in [3.05, 3.63) is 59.1 Å². The van der Waals surface area contributed by atoms with Crippen LogP contribution in [0.4, 0.5) is 0 Å². The predicted octanol–water partition coefficient (Wildman–Crippen LogP) is 4.68. The molecule has 0 saturated heterocycles. The van der Waals surface area contributed by atoms with Gasteiger partial charge in [-0.2, -0.15) is 0 Å². The van der Waals surface area contributed by atoms with Crippen LogP contribution < -0.4 is 9.47 Å². The zero-order valence-corrected chi connectivity index (χ0v) is 15.3. The van der Waals surface area contributed by atoms with E-state index in [-0.39, 0.29) is 0 Å². The van der Waals surface area contributed by atoms with Crippen molar-refractivity contribution in [2.45, 2.75) is 32.3 Å². The smallest absolute Gasteiger partial charge is 0.347 e. The first-order chi connectivity index (χ1) is 12.1. The Hall–Kier alpha value is -2.20. The van der Waals surface area contributed by atoms with Gasteiger partial charge in [0, 0.05) is 11.4 Å². The van der Waals surface area contributed by atoms with Gasteiger partial charge in [-0.05, 0) is 48.4 Å². The number of halogens is 1. The van der Waals surface area contributed by atoms with E-state index in [0.717, 1.165) is 24.2 Å². The van der Waals surface area contributed by atoms with Gasteiger partial charge >= 0.3 is 5.97 Å². The number of esters is 1. The molecule has 2 rings (SSSR count). The normalized spacial score (nSPS) is 11.6. The quantitative estimate of drug-likeness (QED) is 0.480. The Kier molecular flexibility index (Phi) is 7.61. The van der Waals surface area contributed by atoms with Gasteiger partial charge in [0.2, 0.25) is 0 Å². The Morgan fingerprint density at radius 3 is 2.28 bits per heavy atom. The molecule has 0 N–H and O–H groups in total. The van der Waals surface area contributed by atoms with E-state index in [0.29, 0.717) is 23.8 Å². The largest absolute Gasteiger partial charge is 0.494 e. The van der Waals surface area contributed by atoms with Crippen LogP contribution in [0.1, 0.15) is 25.3 Å². The highest BCUT2D eigenvalue weighted by Crippen LogP contribution is 2.20. The minimum atomic E-state index is -0.724. The van der Waals surface area contributed by atoms with Crippen LogP contribution in [0, 0.1) is 0 Å². The van der Waals surface area contributed by atoms with Crippen LogP contribution in [-0.4, -0.2) is 25.8 Å². The number of hydrogen-bond acceptors (Lipinski definition) is 4. The fourth-order valence-corrected chi connectivity index (χ4v) is 2.38. The molecule has 0 spiro atoms. The number of carbonyl (C=O) groups is 1. The highest BCUT2D eigenvalue weighted by Gasteiger charge is 2.22. The van der Waals surface area contributed by atoms with Crippen LogP contribution in [0.15, 0.2) is 48.5 Å². The Bertz CT molecular complexity index is 652. The molecule has 25 heavy (non-hydrogen) atoms. The maximum Gasteiger partial charge on any atom is 0.347 e. The summed E-state index contributed by atoms with van der Waals surface area (Å²) in [5, 5.41) is 0.612. The van der Waals surface area contributed by atoms with Crippen LogP contribution in [0.5, 0.6) is 11.5 Å². The Labute approximate surface area is 153 Å². The second-order valence-electron chi connectivity index (χ2n) is 5.63. The Morgan fingerprint density at radius 1 is 1.04 bits per heavy atom. The lowest BCUT2D eigenvalue weighted by molar-refractivity contribution is -0.148. The average Bonchev–Trinajstić information content (AvgIpc) is 2.64. The highest BCUT2D eigenvalue weighted by molar-refractivity contribution is 6.30. The summed E-state index contributed by atoms with van der Waals surface area (Å²) in [6.07, 6.45) is 1.81. The van der Waals surface area contributed by atoms with E-state index < -0.39 is 12.1 Å². The summed E-state index contributed by atoms with van der Waals surface area (Å²) < 4.78 is 16.3. The average molecular weight is 363 g/mol. The number of benzene rings is 2. The molecule has 2 aromatic rings. The van der Waals surface area contributed by atoms with Crippen LogP contribution in [0.3, 0.4) is 0 Å². The van der Waals surface area contributed by atoms with Crippen molar-refractivity contribution in [2.75, 3.05) is 13.7 Å². The molecule has 134 valence electrons. The van der Waals surface area contributed by atoms with Gasteiger partial charge in [-0.1, -0.05) is 37.1 Å². The molecular weight excluding hydrogens is 340 g/mol. The number of unbranched alkanes of at least 4 members (excludes halogenated alkanes) is 1. The number of hydrogen-bond donors (Lipinski definition) is 0. The first-order valence-electron chi connectivity index (χ1n) is 8.34. The first-order valence-corrected chi connectivity index (χ1v) is 8.72. The van der Waals surface area contributed by atoms with Crippen molar-refractivity contribution < 1.29 is 19.0 Å². The minimum absolute atomic E-state index is 0.407. The molecule has 1 unspecified atom stereocenters. The molecule has 0 amide bonds. The second kappa shape index (κ2) is 9.94. The van der Waals surface area contributed by atoms with Crippen molar-refractivity contribution in [1.82, 2.24) is 0 Å². The fourth-order valence-electron chi connectivity index (χ4n) is 2.25. The third kappa shape index (κ3) is 6.31. The van der Waals surface area contributed by atoms with Gasteiger partial charge in [0.15, 0.2) is 6.10 Å². The second-order valence-corrected chi connectivity index (χ2v) is 6.07. The molecule has 0 heterocycles. The number of ether oxygens (including phenoxy) is 3. The highest BCUT2D eigenvalue weighted by atomic mass is 35.5. The summed E-state index contributed by atoms with van der Waals surface area (Å²) in [5.74, 6) is 0.975. The zero-order valence-electron chi connectivity index (χ0n) is 14.5. The van der Waals surface area contributed by atoms with Crippen LogP contribution >= 0.6 is 11.6 Å². The lowest BCUT2D eigenvalue weighted by Crippen LogP contribution is -2.30. The van der Waals surface area contributed by atoms with E-state index in [1.807, 2.05) is 24.3 Å². The molecule has 5 heteroatoms. The molecule has 0 aliphatic heterocycles. The van der Waals surface area contributed by atoms with Crippen LogP contribution in [0.2, 0.25) is 5.02 Å². The minimum Gasteiger partial charge on any atom is -0.494 e. The van der Waals surface area contributed by atoms with E-state index in [4.69, 9.17) is 25.8 Å². The van der Waals surface area contributed by atoms with Crippen molar-refractivity contribution in [3.63, 3.8) is 0 Å². The predicted molar refractivity (Wildman–Crippen MR) is 98.4 cm³/mol. The maximum atomic E-state index is 12.0. The van der Waals surface area contributed by atoms with Crippen LogP contribution in [-0.2, 0) is 16.0 Å². The van der Waals surface area contributed by atoms with Crippen LogP contribution in [0.25, 0.3) is 0 Å². The molecule has 0 aromatic heterocycles. The summed E-state index contributed by atoms with van der Waals surface area (Å²) >= 11 is 5.87. The summed E-state index contributed by atoms with van der Waals surface area (Å²) in [7, 11) is 1.35. The molecule has 0 aliphatic carbocycles. The molecule has 0 saturated carbocycles. The Balaban J connectivity index is 2.01. The SMILES string of the molecule is CCCCOc1ccc(CC(Oc2ccc(Cl)cc2)C(=O)OC)cc1. The maximum absolute atomic E-state index is 12.0. The summed E-state index contributed by atoms with van der Waals surface area (Å²) in [4.78, 5) is 12.0. The summed E-state index contributed by atoms with van der Waals surface area (Å²) in [6, 6.07) is 14.6. The zero-order chi connectivity index (χ0) is 18.1. The number of methoxy groups -OCH3 is 1. The fraction of sp³-hybridized carbons (Fsp3) is 0.350.